The highest BCUT2D eigenvalue weighted by Gasteiger charge is 2.26. The summed E-state index contributed by atoms with van der Waals surface area (Å²) in [5.41, 5.74) is 7.10. The summed E-state index contributed by atoms with van der Waals surface area (Å²) < 4.78 is 33.1. The van der Waals surface area contributed by atoms with Gasteiger partial charge in [0.25, 0.3) is 0 Å². The number of nitrogens with one attached hydrogen (secondary N) is 1. The zero-order valence-electron chi connectivity index (χ0n) is 12.8. The fraction of sp³-hybridized carbons (Fsp3) is 0.600. The number of benzene rings is 1. The molecule has 0 radical (unpaired) electrons. The molecule has 1 aliphatic rings. The van der Waals surface area contributed by atoms with Crippen molar-refractivity contribution >= 4 is 15.7 Å². The molecule has 0 aliphatic heterocycles. The van der Waals surface area contributed by atoms with E-state index in [1.165, 1.54) is 13.2 Å². The molecular formula is C15H24N2O3S. The van der Waals surface area contributed by atoms with Crippen LogP contribution in [0.3, 0.4) is 0 Å². The summed E-state index contributed by atoms with van der Waals surface area (Å²) in [5.74, 6) is 1.01. The molecular weight excluding hydrogens is 288 g/mol. The molecule has 2 rings (SSSR count). The molecule has 118 valence electrons. The highest BCUT2D eigenvalue weighted by Crippen LogP contribution is 2.30. The second-order valence-electron chi connectivity index (χ2n) is 5.94. The predicted octanol–water partition coefficient (Wildman–Crippen LogP) is 2.44. The van der Waals surface area contributed by atoms with Gasteiger partial charge in [0.1, 0.15) is 10.6 Å². The van der Waals surface area contributed by atoms with Crippen molar-refractivity contribution in [1.29, 1.82) is 0 Å². The normalized spacial score (nSPS) is 23.0. The van der Waals surface area contributed by atoms with Gasteiger partial charge in [0.15, 0.2) is 0 Å². The Kier molecular flexibility index (Phi) is 4.78. The van der Waals surface area contributed by atoms with Gasteiger partial charge in [-0.05, 0) is 56.2 Å². The number of rotatable bonds is 4. The first-order valence-electron chi connectivity index (χ1n) is 7.30. The molecule has 1 aromatic carbocycles. The smallest absolute Gasteiger partial charge is 0.244 e. The number of nitrogen functional groups attached to an aromatic ring is 1. The zero-order valence-corrected chi connectivity index (χ0v) is 13.7. The first kappa shape index (κ1) is 16.1. The van der Waals surface area contributed by atoms with E-state index in [2.05, 4.69) is 11.6 Å². The predicted molar refractivity (Wildman–Crippen MR) is 83.9 cm³/mol. The van der Waals surface area contributed by atoms with Crippen LogP contribution in [0.4, 0.5) is 5.69 Å². The molecule has 0 spiro atoms. The molecule has 6 heteroatoms. The Balaban J connectivity index is 2.25. The van der Waals surface area contributed by atoms with Crippen LogP contribution in [0, 0.1) is 12.8 Å². The van der Waals surface area contributed by atoms with E-state index in [0.29, 0.717) is 17.4 Å². The number of ether oxygens (including phenoxy) is 1. The number of hydrogen-bond acceptors (Lipinski definition) is 4. The third kappa shape index (κ3) is 3.68. The lowest BCUT2D eigenvalue weighted by molar-refractivity contribution is 0.331. The van der Waals surface area contributed by atoms with Crippen molar-refractivity contribution in [2.75, 3.05) is 12.8 Å². The van der Waals surface area contributed by atoms with Crippen LogP contribution in [0.15, 0.2) is 17.0 Å². The lowest BCUT2D eigenvalue weighted by atomic mass is 9.88. The highest BCUT2D eigenvalue weighted by molar-refractivity contribution is 7.89. The summed E-state index contributed by atoms with van der Waals surface area (Å²) in [5, 5.41) is 0. The van der Waals surface area contributed by atoms with E-state index < -0.39 is 10.0 Å². The summed E-state index contributed by atoms with van der Waals surface area (Å²) in [7, 11) is -2.15. The number of anilines is 1. The number of aryl methyl sites for hydroxylation is 1. The fourth-order valence-corrected chi connectivity index (χ4v) is 4.20. The molecule has 1 saturated carbocycles. The number of nitrogens with two attached hydrogens (primary N) is 1. The minimum absolute atomic E-state index is 0.00145. The van der Waals surface area contributed by atoms with E-state index in [0.717, 1.165) is 31.2 Å². The second-order valence-corrected chi connectivity index (χ2v) is 7.62. The van der Waals surface area contributed by atoms with Crippen LogP contribution in [0.25, 0.3) is 0 Å². The summed E-state index contributed by atoms with van der Waals surface area (Å²) >= 11 is 0. The van der Waals surface area contributed by atoms with Crippen molar-refractivity contribution in [3.8, 4) is 5.75 Å². The van der Waals surface area contributed by atoms with Crippen LogP contribution in [0.1, 0.15) is 38.2 Å². The molecule has 0 heterocycles. The maximum atomic E-state index is 12.6. The first-order chi connectivity index (χ1) is 9.83. The summed E-state index contributed by atoms with van der Waals surface area (Å²) in [6.07, 6.45) is 3.87. The van der Waals surface area contributed by atoms with Gasteiger partial charge in [0.2, 0.25) is 10.0 Å². The summed E-state index contributed by atoms with van der Waals surface area (Å²) in [6, 6.07) is 3.13. The van der Waals surface area contributed by atoms with Crippen LogP contribution in [-0.2, 0) is 10.0 Å². The van der Waals surface area contributed by atoms with Crippen molar-refractivity contribution in [1.82, 2.24) is 4.72 Å². The average molecular weight is 312 g/mol. The standard InChI is InChI=1S/C15H24N2O3S/c1-10-4-6-12(7-5-10)17-21(18,19)15-9-13(16)11(2)8-14(15)20-3/h8-10,12,17H,4-7,16H2,1-3H3. The third-order valence-electron chi connectivity index (χ3n) is 4.18. The molecule has 0 atom stereocenters. The molecule has 0 bridgehead atoms. The van der Waals surface area contributed by atoms with E-state index in [9.17, 15) is 8.42 Å². The van der Waals surface area contributed by atoms with Crippen LogP contribution in [0.2, 0.25) is 0 Å². The van der Waals surface area contributed by atoms with E-state index >= 15 is 0 Å². The maximum absolute atomic E-state index is 12.6. The maximum Gasteiger partial charge on any atom is 0.244 e. The molecule has 5 nitrogen and oxygen atoms in total. The van der Waals surface area contributed by atoms with Gasteiger partial charge in [0, 0.05) is 11.7 Å². The lowest BCUT2D eigenvalue weighted by Crippen LogP contribution is -2.37. The molecule has 1 aliphatic carbocycles. The number of sulfonamides is 1. The van der Waals surface area contributed by atoms with Crippen LogP contribution in [-0.4, -0.2) is 21.6 Å². The number of methoxy groups -OCH3 is 1. The van der Waals surface area contributed by atoms with Gasteiger partial charge in [-0.3, -0.25) is 0 Å². The molecule has 0 saturated heterocycles. The molecule has 1 fully saturated rings. The Morgan fingerprint density at radius 2 is 1.86 bits per heavy atom. The quantitative estimate of drug-likeness (QED) is 0.837. The Hall–Kier alpha value is -1.27. The van der Waals surface area contributed by atoms with Crippen LogP contribution in [0.5, 0.6) is 5.75 Å². The van der Waals surface area contributed by atoms with Crippen LogP contribution < -0.4 is 15.2 Å². The van der Waals surface area contributed by atoms with E-state index in [1.807, 2.05) is 6.92 Å². The second kappa shape index (κ2) is 6.23. The van der Waals surface area contributed by atoms with Gasteiger partial charge in [-0.2, -0.15) is 0 Å². The van der Waals surface area contributed by atoms with Crippen LogP contribution >= 0.6 is 0 Å². The fourth-order valence-electron chi connectivity index (χ4n) is 2.71. The van der Waals surface area contributed by atoms with Crippen molar-refractivity contribution in [2.45, 2.75) is 50.5 Å². The van der Waals surface area contributed by atoms with Gasteiger partial charge in [-0.1, -0.05) is 6.92 Å². The Morgan fingerprint density at radius 3 is 2.43 bits per heavy atom. The topological polar surface area (TPSA) is 81.4 Å². The Labute approximate surface area is 126 Å². The van der Waals surface area contributed by atoms with Gasteiger partial charge in [-0.15, -0.1) is 0 Å². The molecule has 1 aromatic rings. The minimum Gasteiger partial charge on any atom is -0.495 e. The SMILES string of the molecule is COc1cc(C)c(N)cc1S(=O)(=O)NC1CCC(C)CC1. The molecule has 3 N–H and O–H groups in total. The minimum atomic E-state index is -3.61. The molecule has 21 heavy (non-hydrogen) atoms. The molecule has 0 aromatic heterocycles. The monoisotopic (exact) mass is 312 g/mol. The Morgan fingerprint density at radius 1 is 1.24 bits per heavy atom. The van der Waals surface area contributed by atoms with Crippen molar-refractivity contribution in [2.24, 2.45) is 5.92 Å². The lowest BCUT2D eigenvalue weighted by Gasteiger charge is -2.27. The van der Waals surface area contributed by atoms with Gasteiger partial charge < -0.3 is 10.5 Å². The van der Waals surface area contributed by atoms with Gasteiger partial charge in [0.05, 0.1) is 7.11 Å². The van der Waals surface area contributed by atoms with Crippen molar-refractivity contribution in [3.63, 3.8) is 0 Å². The summed E-state index contributed by atoms with van der Waals surface area (Å²) in [4.78, 5) is 0.117. The van der Waals surface area contributed by atoms with E-state index in [1.54, 1.807) is 6.07 Å². The largest absolute Gasteiger partial charge is 0.495 e. The summed E-state index contributed by atoms with van der Waals surface area (Å²) in [6.45, 7) is 4.03. The average Bonchev–Trinajstić information content (AvgIpc) is 2.43. The molecule has 0 unspecified atom stereocenters. The van der Waals surface area contributed by atoms with Crippen molar-refractivity contribution < 1.29 is 13.2 Å². The molecule has 0 amide bonds. The van der Waals surface area contributed by atoms with Gasteiger partial charge in [-0.25, -0.2) is 13.1 Å². The third-order valence-corrected chi connectivity index (χ3v) is 5.72. The first-order valence-corrected chi connectivity index (χ1v) is 8.78. The number of hydrogen-bond donors (Lipinski definition) is 2. The van der Waals surface area contributed by atoms with Crippen molar-refractivity contribution in [3.05, 3.63) is 17.7 Å². The zero-order chi connectivity index (χ0) is 15.6. The van der Waals surface area contributed by atoms with Gasteiger partial charge >= 0.3 is 0 Å². The Bertz CT molecular complexity index is 606. The van der Waals surface area contributed by atoms with E-state index in [4.69, 9.17) is 10.5 Å². The highest BCUT2D eigenvalue weighted by atomic mass is 32.2. The van der Waals surface area contributed by atoms with E-state index in [-0.39, 0.29) is 10.9 Å².